The quantitative estimate of drug-likeness (QED) is 0.666. The van der Waals surface area contributed by atoms with Crippen LogP contribution in [0.1, 0.15) is 11.7 Å². The van der Waals surface area contributed by atoms with Crippen LogP contribution in [0.4, 0.5) is 0 Å². The first kappa shape index (κ1) is 8.62. The monoisotopic (exact) mass is 191 g/mol. The molecular weight excluding hydrogens is 182 g/mol. The van der Waals surface area contributed by atoms with E-state index in [1.54, 1.807) is 24.3 Å². The van der Waals surface area contributed by atoms with Crippen LogP contribution in [0.25, 0.3) is 10.9 Å². The summed E-state index contributed by atoms with van der Waals surface area (Å²) >= 11 is 0. The van der Waals surface area contributed by atoms with Gasteiger partial charge in [0.25, 0.3) is 0 Å². The topological polar surface area (TPSA) is 62.5 Å². The lowest BCUT2D eigenvalue weighted by Crippen LogP contribution is -2.03. The number of hydrogen-bond acceptors (Lipinski definition) is 3. The average molecular weight is 191 g/mol. The van der Waals surface area contributed by atoms with Gasteiger partial charge in [0.05, 0.1) is 5.52 Å². The van der Waals surface area contributed by atoms with E-state index < -0.39 is 5.88 Å². The second kappa shape index (κ2) is 2.77. The zero-order valence-corrected chi connectivity index (χ0v) is 7.56. The number of aromatic nitrogens is 1. The van der Waals surface area contributed by atoms with Crippen LogP contribution in [0.2, 0.25) is 0 Å². The lowest BCUT2D eigenvalue weighted by molar-refractivity contribution is 0.0932. The second-order valence-corrected chi connectivity index (χ2v) is 3.04. The van der Waals surface area contributed by atoms with Gasteiger partial charge in [-0.05, 0) is 12.1 Å². The summed E-state index contributed by atoms with van der Waals surface area (Å²) in [6.45, 7) is 1.32. The third-order valence-corrected chi connectivity index (χ3v) is 2.14. The minimum atomic E-state index is -0.404. The summed E-state index contributed by atoms with van der Waals surface area (Å²) in [6, 6.07) is 6.77. The van der Waals surface area contributed by atoms with Gasteiger partial charge in [0.1, 0.15) is 0 Å². The molecule has 4 nitrogen and oxygen atoms in total. The number of carbonyl (C=O) groups is 1. The maximum Gasteiger partial charge on any atom is 0.242 e. The molecule has 72 valence electrons. The fraction of sp³-hybridized carbons (Fsp3) is 0.100. The van der Waals surface area contributed by atoms with Crippen molar-refractivity contribution in [2.45, 2.75) is 6.92 Å². The maximum atomic E-state index is 11.2. The first-order valence-corrected chi connectivity index (χ1v) is 4.15. The number of fused-ring (bicyclic) bond motifs is 1. The minimum absolute atomic E-state index is 0.254. The van der Waals surface area contributed by atoms with E-state index in [9.17, 15) is 15.0 Å². The Morgan fingerprint density at radius 2 is 1.93 bits per heavy atom. The van der Waals surface area contributed by atoms with Crippen LogP contribution in [0.15, 0.2) is 24.3 Å². The van der Waals surface area contributed by atoms with Crippen molar-refractivity contribution in [3.05, 3.63) is 24.3 Å². The van der Waals surface area contributed by atoms with Crippen LogP contribution in [0, 0.1) is 0 Å². The van der Waals surface area contributed by atoms with Gasteiger partial charge in [0, 0.05) is 12.3 Å². The smallest absolute Gasteiger partial charge is 0.242 e. The Balaban J connectivity index is 2.95. The molecule has 2 N–H and O–H groups in total. The zero-order valence-electron chi connectivity index (χ0n) is 7.56. The van der Waals surface area contributed by atoms with Gasteiger partial charge in [0.15, 0.2) is 5.75 Å². The molecule has 2 rings (SSSR count). The van der Waals surface area contributed by atoms with Crippen molar-refractivity contribution in [2.75, 3.05) is 0 Å². The van der Waals surface area contributed by atoms with Gasteiger partial charge in [-0.25, -0.2) is 4.57 Å². The highest BCUT2D eigenvalue weighted by molar-refractivity contribution is 5.98. The molecule has 0 saturated carbocycles. The van der Waals surface area contributed by atoms with E-state index in [0.29, 0.717) is 10.9 Å². The predicted octanol–water partition coefficient (Wildman–Crippen LogP) is 1.71. The highest BCUT2D eigenvalue weighted by Gasteiger charge is 2.17. The van der Waals surface area contributed by atoms with Crippen LogP contribution in [-0.4, -0.2) is 20.7 Å². The summed E-state index contributed by atoms with van der Waals surface area (Å²) in [4.78, 5) is 11.2. The molecule has 14 heavy (non-hydrogen) atoms. The summed E-state index contributed by atoms with van der Waals surface area (Å²) in [6.07, 6.45) is 0. The number of rotatable bonds is 0. The Morgan fingerprint density at radius 3 is 2.57 bits per heavy atom. The Kier molecular flexibility index (Phi) is 1.70. The highest BCUT2D eigenvalue weighted by Crippen LogP contribution is 2.36. The summed E-state index contributed by atoms with van der Waals surface area (Å²) in [7, 11) is 0. The normalized spacial score (nSPS) is 10.6. The molecule has 0 atom stereocenters. The van der Waals surface area contributed by atoms with Crippen LogP contribution in [0.5, 0.6) is 11.6 Å². The molecular formula is C10H9NO3. The van der Waals surface area contributed by atoms with E-state index in [4.69, 9.17) is 0 Å². The molecule has 0 saturated heterocycles. The first-order valence-electron chi connectivity index (χ1n) is 4.15. The number of aromatic hydroxyl groups is 2. The molecule has 1 heterocycles. The number of carbonyl (C=O) groups excluding carboxylic acids is 1. The molecule has 4 heteroatoms. The van der Waals surface area contributed by atoms with Crippen molar-refractivity contribution in [1.82, 2.24) is 4.57 Å². The van der Waals surface area contributed by atoms with Gasteiger partial charge in [-0.2, -0.15) is 0 Å². The molecule has 0 bridgehead atoms. The van der Waals surface area contributed by atoms with Crippen LogP contribution in [-0.2, 0) is 0 Å². The molecule has 0 aliphatic heterocycles. The summed E-state index contributed by atoms with van der Waals surface area (Å²) in [5, 5.41) is 19.5. The van der Waals surface area contributed by atoms with Crippen molar-refractivity contribution < 1.29 is 15.0 Å². The molecule has 0 fully saturated rings. The molecule has 0 aliphatic rings. The van der Waals surface area contributed by atoms with E-state index in [0.717, 1.165) is 4.57 Å². The van der Waals surface area contributed by atoms with Crippen molar-refractivity contribution in [3.8, 4) is 11.6 Å². The Bertz CT molecular complexity index is 513. The van der Waals surface area contributed by atoms with Crippen molar-refractivity contribution >= 4 is 16.8 Å². The number of hydrogen-bond donors (Lipinski definition) is 2. The SMILES string of the molecule is CC(=O)n1c(O)c(O)c2ccccc21. The first-order chi connectivity index (χ1) is 6.63. The van der Waals surface area contributed by atoms with Crippen LogP contribution in [0.3, 0.4) is 0 Å². The predicted molar refractivity (Wildman–Crippen MR) is 51.6 cm³/mol. The van der Waals surface area contributed by atoms with Crippen molar-refractivity contribution in [2.24, 2.45) is 0 Å². The Morgan fingerprint density at radius 1 is 1.29 bits per heavy atom. The fourth-order valence-electron chi connectivity index (χ4n) is 1.53. The summed E-state index contributed by atoms with van der Waals surface area (Å²) in [5.41, 5.74) is 0.509. The van der Waals surface area contributed by atoms with Crippen molar-refractivity contribution in [1.29, 1.82) is 0 Å². The van der Waals surface area contributed by atoms with Gasteiger partial charge >= 0.3 is 0 Å². The van der Waals surface area contributed by atoms with Gasteiger partial charge in [-0.3, -0.25) is 4.79 Å². The fourth-order valence-corrected chi connectivity index (χ4v) is 1.53. The molecule has 1 aromatic heterocycles. The highest BCUT2D eigenvalue weighted by atomic mass is 16.3. The molecule has 0 radical (unpaired) electrons. The summed E-state index contributed by atoms with van der Waals surface area (Å²) < 4.78 is 1.07. The van der Waals surface area contributed by atoms with Gasteiger partial charge in [-0.15, -0.1) is 0 Å². The lowest BCUT2D eigenvalue weighted by atomic mass is 10.2. The number of para-hydroxylation sites is 1. The maximum absolute atomic E-state index is 11.2. The zero-order chi connectivity index (χ0) is 10.3. The Hall–Kier alpha value is -1.97. The van der Waals surface area contributed by atoms with E-state index in [1.165, 1.54) is 6.92 Å². The lowest BCUT2D eigenvalue weighted by Gasteiger charge is -1.99. The van der Waals surface area contributed by atoms with E-state index in [2.05, 4.69) is 0 Å². The molecule has 0 aliphatic carbocycles. The van der Waals surface area contributed by atoms with E-state index >= 15 is 0 Å². The third kappa shape index (κ3) is 0.970. The van der Waals surface area contributed by atoms with E-state index in [1.807, 2.05) is 0 Å². The number of benzene rings is 1. The minimum Gasteiger partial charge on any atom is -0.503 e. The third-order valence-electron chi connectivity index (χ3n) is 2.14. The standard InChI is InChI=1S/C10H9NO3/c1-6(12)11-8-5-3-2-4-7(8)9(13)10(11)14/h2-5,13-14H,1H3. The van der Waals surface area contributed by atoms with Crippen molar-refractivity contribution in [3.63, 3.8) is 0 Å². The van der Waals surface area contributed by atoms with Crippen LogP contribution >= 0.6 is 0 Å². The Labute approximate surface area is 80.0 Å². The van der Waals surface area contributed by atoms with Gasteiger partial charge < -0.3 is 10.2 Å². The van der Waals surface area contributed by atoms with Gasteiger partial charge in [0.2, 0.25) is 11.8 Å². The molecule has 0 spiro atoms. The van der Waals surface area contributed by atoms with Crippen LogP contribution < -0.4 is 0 Å². The molecule has 0 unspecified atom stereocenters. The second-order valence-electron chi connectivity index (χ2n) is 3.04. The summed E-state index contributed by atoms with van der Waals surface area (Å²) in [5.74, 6) is -0.992. The largest absolute Gasteiger partial charge is 0.503 e. The van der Waals surface area contributed by atoms with Gasteiger partial charge in [-0.1, -0.05) is 12.1 Å². The molecule has 0 amide bonds. The number of nitrogens with zero attached hydrogens (tertiary/aromatic N) is 1. The van der Waals surface area contributed by atoms with E-state index in [-0.39, 0.29) is 11.7 Å². The average Bonchev–Trinajstić information content (AvgIpc) is 2.41. The molecule has 2 aromatic rings. The molecule has 1 aromatic carbocycles.